The number of amides is 1. The third-order valence-corrected chi connectivity index (χ3v) is 5.49. The van der Waals surface area contributed by atoms with Crippen LogP contribution < -0.4 is 10.2 Å². The van der Waals surface area contributed by atoms with Crippen molar-refractivity contribution in [2.24, 2.45) is 5.41 Å². The second-order valence-electron chi connectivity index (χ2n) is 7.48. The van der Waals surface area contributed by atoms with E-state index < -0.39 is 0 Å². The van der Waals surface area contributed by atoms with Crippen molar-refractivity contribution < 1.29 is 4.79 Å². The SMILES string of the molecule is O=C(NCC1(Cn2cccn2)CC1)c1ccc(N2CCCCC2)cc1. The molecule has 25 heavy (non-hydrogen) atoms. The molecule has 132 valence electrons. The molecule has 1 amide bonds. The molecule has 2 heterocycles. The van der Waals surface area contributed by atoms with Gasteiger partial charge in [-0.3, -0.25) is 9.48 Å². The van der Waals surface area contributed by atoms with Gasteiger partial charge in [0, 0.05) is 55.2 Å². The van der Waals surface area contributed by atoms with Crippen molar-refractivity contribution in [1.82, 2.24) is 15.1 Å². The lowest BCUT2D eigenvalue weighted by Crippen LogP contribution is -2.32. The Kier molecular flexibility index (Phi) is 4.47. The van der Waals surface area contributed by atoms with E-state index in [-0.39, 0.29) is 11.3 Å². The number of piperidine rings is 1. The molecule has 5 nitrogen and oxygen atoms in total. The molecule has 1 N–H and O–H groups in total. The van der Waals surface area contributed by atoms with Gasteiger partial charge in [-0.25, -0.2) is 0 Å². The normalized spacial score (nSPS) is 18.8. The van der Waals surface area contributed by atoms with Crippen LogP contribution in [0.25, 0.3) is 0 Å². The summed E-state index contributed by atoms with van der Waals surface area (Å²) in [4.78, 5) is 14.9. The lowest BCUT2D eigenvalue weighted by molar-refractivity contribution is 0.0942. The van der Waals surface area contributed by atoms with Crippen molar-refractivity contribution in [1.29, 1.82) is 0 Å². The molecule has 0 radical (unpaired) electrons. The highest BCUT2D eigenvalue weighted by Gasteiger charge is 2.43. The molecular formula is C20H26N4O. The number of carbonyl (C=O) groups excluding carboxylic acids is 1. The molecule has 0 atom stereocenters. The molecule has 0 spiro atoms. The molecule has 1 aliphatic carbocycles. The van der Waals surface area contributed by atoms with Crippen LogP contribution in [0.3, 0.4) is 0 Å². The van der Waals surface area contributed by atoms with Crippen molar-refractivity contribution in [2.75, 3.05) is 24.5 Å². The zero-order valence-corrected chi connectivity index (χ0v) is 14.7. The minimum Gasteiger partial charge on any atom is -0.372 e. The van der Waals surface area contributed by atoms with E-state index >= 15 is 0 Å². The van der Waals surface area contributed by atoms with Crippen LogP contribution >= 0.6 is 0 Å². The maximum Gasteiger partial charge on any atom is 0.251 e. The topological polar surface area (TPSA) is 50.2 Å². The molecule has 1 saturated heterocycles. The van der Waals surface area contributed by atoms with Gasteiger partial charge in [-0.05, 0) is 62.4 Å². The van der Waals surface area contributed by atoms with Gasteiger partial charge in [0.2, 0.25) is 0 Å². The molecule has 1 aliphatic heterocycles. The van der Waals surface area contributed by atoms with Crippen molar-refractivity contribution in [2.45, 2.75) is 38.6 Å². The summed E-state index contributed by atoms with van der Waals surface area (Å²) >= 11 is 0. The van der Waals surface area contributed by atoms with Crippen LogP contribution in [0, 0.1) is 5.41 Å². The maximum atomic E-state index is 12.5. The number of nitrogens with zero attached hydrogens (tertiary/aromatic N) is 3. The number of carbonyl (C=O) groups is 1. The zero-order chi connectivity index (χ0) is 17.1. The highest BCUT2D eigenvalue weighted by atomic mass is 16.1. The molecule has 2 aromatic rings. The quantitative estimate of drug-likeness (QED) is 0.880. The van der Waals surface area contributed by atoms with Gasteiger partial charge in [0.1, 0.15) is 0 Å². The van der Waals surface area contributed by atoms with Crippen molar-refractivity contribution >= 4 is 11.6 Å². The number of rotatable bonds is 6. The number of anilines is 1. The first-order valence-corrected chi connectivity index (χ1v) is 9.35. The average Bonchev–Trinajstić information content (AvgIpc) is 3.24. The molecule has 1 saturated carbocycles. The zero-order valence-electron chi connectivity index (χ0n) is 14.7. The minimum absolute atomic E-state index is 0.0249. The van der Waals surface area contributed by atoms with Crippen LogP contribution in [-0.4, -0.2) is 35.3 Å². The van der Waals surface area contributed by atoms with Gasteiger partial charge in [0.05, 0.1) is 0 Å². The summed E-state index contributed by atoms with van der Waals surface area (Å²) in [5, 5.41) is 7.40. The van der Waals surface area contributed by atoms with Crippen LogP contribution in [-0.2, 0) is 6.54 Å². The van der Waals surface area contributed by atoms with Gasteiger partial charge < -0.3 is 10.2 Å². The van der Waals surface area contributed by atoms with Gasteiger partial charge >= 0.3 is 0 Å². The van der Waals surface area contributed by atoms with E-state index in [4.69, 9.17) is 0 Å². The van der Waals surface area contributed by atoms with Crippen molar-refractivity contribution in [3.05, 3.63) is 48.3 Å². The van der Waals surface area contributed by atoms with E-state index in [1.165, 1.54) is 24.9 Å². The standard InChI is InChI=1S/C20H26N4O/c25-19(21-15-20(9-10-20)16-24-14-4-11-22-24)17-5-7-18(8-6-17)23-12-2-1-3-13-23/h4-8,11,14H,1-3,9-10,12-13,15-16H2,(H,21,25). The summed E-state index contributed by atoms with van der Waals surface area (Å²) in [5.74, 6) is 0.0249. The fourth-order valence-electron chi connectivity index (χ4n) is 3.65. The number of aromatic nitrogens is 2. The Labute approximate surface area is 149 Å². The second-order valence-corrected chi connectivity index (χ2v) is 7.48. The summed E-state index contributed by atoms with van der Waals surface area (Å²) < 4.78 is 1.96. The molecule has 4 rings (SSSR count). The Morgan fingerprint density at radius 2 is 1.88 bits per heavy atom. The first-order valence-electron chi connectivity index (χ1n) is 9.35. The Hall–Kier alpha value is -2.30. The second kappa shape index (κ2) is 6.90. The van der Waals surface area contributed by atoms with E-state index in [2.05, 4.69) is 27.4 Å². The summed E-state index contributed by atoms with van der Waals surface area (Å²) in [5.41, 5.74) is 2.17. The molecule has 2 fully saturated rings. The van der Waals surface area contributed by atoms with E-state index in [0.717, 1.165) is 44.6 Å². The van der Waals surface area contributed by atoms with Crippen LogP contribution in [0.4, 0.5) is 5.69 Å². The Balaban J connectivity index is 1.32. The van der Waals surface area contributed by atoms with Crippen LogP contribution in [0.15, 0.2) is 42.7 Å². The van der Waals surface area contributed by atoms with Crippen molar-refractivity contribution in [3.63, 3.8) is 0 Å². The molecule has 5 heteroatoms. The van der Waals surface area contributed by atoms with E-state index in [9.17, 15) is 4.79 Å². The molecular weight excluding hydrogens is 312 g/mol. The fourth-order valence-corrected chi connectivity index (χ4v) is 3.65. The summed E-state index contributed by atoms with van der Waals surface area (Å²) in [6, 6.07) is 10.0. The first-order chi connectivity index (χ1) is 12.2. The largest absolute Gasteiger partial charge is 0.372 e. The maximum absolute atomic E-state index is 12.5. The van der Waals surface area contributed by atoms with E-state index in [1.807, 2.05) is 29.1 Å². The molecule has 1 aromatic carbocycles. The van der Waals surface area contributed by atoms with Gasteiger partial charge in [-0.2, -0.15) is 5.10 Å². The molecule has 1 aromatic heterocycles. The Bertz CT molecular complexity index is 698. The van der Waals surface area contributed by atoms with E-state index in [1.54, 1.807) is 6.20 Å². The number of nitrogens with one attached hydrogen (secondary N) is 1. The van der Waals surface area contributed by atoms with E-state index in [0.29, 0.717) is 0 Å². The Morgan fingerprint density at radius 3 is 2.52 bits per heavy atom. The molecule has 0 unspecified atom stereocenters. The molecule has 0 bridgehead atoms. The van der Waals surface area contributed by atoms with Crippen LogP contribution in [0.5, 0.6) is 0 Å². The summed E-state index contributed by atoms with van der Waals surface area (Å²) in [7, 11) is 0. The lowest BCUT2D eigenvalue weighted by Gasteiger charge is -2.28. The molecule has 2 aliphatic rings. The number of hydrogen-bond donors (Lipinski definition) is 1. The predicted molar refractivity (Wildman–Crippen MR) is 98.7 cm³/mol. The van der Waals surface area contributed by atoms with Gasteiger partial charge in [-0.1, -0.05) is 0 Å². The third-order valence-electron chi connectivity index (χ3n) is 5.49. The fraction of sp³-hybridized carbons (Fsp3) is 0.500. The lowest BCUT2D eigenvalue weighted by atomic mass is 10.1. The Morgan fingerprint density at radius 1 is 1.12 bits per heavy atom. The smallest absolute Gasteiger partial charge is 0.251 e. The van der Waals surface area contributed by atoms with Crippen LogP contribution in [0.2, 0.25) is 0 Å². The van der Waals surface area contributed by atoms with Gasteiger partial charge in [0.15, 0.2) is 0 Å². The summed E-state index contributed by atoms with van der Waals surface area (Å²) in [6.45, 7) is 3.86. The van der Waals surface area contributed by atoms with Crippen molar-refractivity contribution in [3.8, 4) is 0 Å². The monoisotopic (exact) mass is 338 g/mol. The number of benzene rings is 1. The highest BCUT2D eigenvalue weighted by molar-refractivity contribution is 5.94. The number of hydrogen-bond acceptors (Lipinski definition) is 3. The third kappa shape index (κ3) is 3.86. The first kappa shape index (κ1) is 16.2. The minimum atomic E-state index is 0.0249. The highest BCUT2D eigenvalue weighted by Crippen LogP contribution is 2.46. The van der Waals surface area contributed by atoms with Gasteiger partial charge in [-0.15, -0.1) is 0 Å². The summed E-state index contributed by atoms with van der Waals surface area (Å²) in [6.07, 6.45) is 9.96. The predicted octanol–water partition coefficient (Wildman–Crippen LogP) is 3.08. The van der Waals surface area contributed by atoms with Crippen LogP contribution in [0.1, 0.15) is 42.5 Å². The average molecular weight is 338 g/mol. The van der Waals surface area contributed by atoms with Gasteiger partial charge in [0.25, 0.3) is 5.91 Å².